The lowest BCUT2D eigenvalue weighted by Gasteiger charge is -2.27. The van der Waals surface area contributed by atoms with Crippen LogP contribution in [-0.4, -0.2) is 55.9 Å². The van der Waals surface area contributed by atoms with Crippen LogP contribution in [0.4, 0.5) is 0 Å². The van der Waals surface area contributed by atoms with Crippen LogP contribution in [0, 0.1) is 6.92 Å². The summed E-state index contributed by atoms with van der Waals surface area (Å²) in [5, 5.41) is 0. The molecule has 35 heavy (non-hydrogen) atoms. The van der Waals surface area contributed by atoms with Gasteiger partial charge in [-0.25, -0.2) is 0 Å². The van der Waals surface area contributed by atoms with E-state index in [1.165, 1.54) is 11.1 Å². The second-order valence-electron chi connectivity index (χ2n) is 8.69. The number of aryl methyl sites for hydroxylation is 1. The van der Waals surface area contributed by atoms with Gasteiger partial charge in [0.05, 0.1) is 22.8 Å². The second-order valence-corrected chi connectivity index (χ2v) is 8.69. The summed E-state index contributed by atoms with van der Waals surface area (Å²) < 4.78 is 0. The molecule has 0 unspecified atom stereocenters. The summed E-state index contributed by atoms with van der Waals surface area (Å²) >= 11 is 0. The van der Waals surface area contributed by atoms with E-state index in [-0.39, 0.29) is 0 Å². The molecule has 7 heteroatoms. The molecule has 0 saturated carbocycles. The molecule has 4 aromatic heterocycles. The van der Waals surface area contributed by atoms with Crippen molar-refractivity contribution in [3.8, 4) is 11.4 Å². The number of nitrogens with zero attached hydrogens (tertiary/aromatic N) is 6. The quantitative estimate of drug-likeness (QED) is 0.340. The Morgan fingerprint density at radius 1 is 0.629 bits per heavy atom. The number of rotatable bonds is 12. The molecule has 0 aliphatic carbocycles. The molecule has 0 saturated heterocycles. The van der Waals surface area contributed by atoms with Gasteiger partial charge in [-0.1, -0.05) is 12.1 Å². The van der Waals surface area contributed by atoms with Crippen molar-refractivity contribution in [2.24, 2.45) is 5.73 Å². The van der Waals surface area contributed by atoms with Crippen molar-refractivity contribution in [2.75, 3.05) is 26.2 Å². The highest BCUT2D eigenvalue weighted by atomic mass is 15.2. The predicted molar refractivity (Wildman–Crippen MR) is 139 cm³/mol. The van der Waals surface area contributed by atoms with Crippen LogP contribution in [0.1, 0.15) is 22.5 Å². The third-order valence-corrected chi connectivity index (χ3v) is 5.81. The summed E-state index contributed by atoms with van der Waals surface area (Å²) in [6.07, 6.45) is 7.39. The minimum Gasteiger partial charge on any atom is -0.329 e. The lowest BCUT2D eigenvalue weighted by molar-refractivity contribution is 0.188. The molecule has 0 atom stereocenters. The summed E-state index contributed by atoms with van der Waals surface area (Å²) in [4.78, 5) is 22.9. The Morgan fingerprint density at radius 2 is 1.26 bits per heavy atom. The average Bonchev–Trinajstić information content (AvgIpc) is 2.89. The van der Waals surface area contributed by atoms with Gasteiger partial charge in [0.15, 0.2) is 0 Å². The van der Waals surface area contributed by atoms with Crippen LogP contribution in [0.25, 0.3) is 11.4 Å². The SMILES string of the molecule is Cc1ccnc(-c2cc(CN(CCN)CCN(Cc3ccccn3)Cc3ccccn3)ccn2)c1. The molecule has 4 rings (SSSR count). The second kappa shape index (κ2) is 12.8. The predicted octanol–water partition coefficient (Wildman–Crippen LogP) is 3.71. The maximum atomic E-state index is 5.98. The fourth-order valence-corrected chi connectivity index (χ4v) is 4.04. The summed E-state index contributed by atoms with van der Waals surface area (Å²) in [6.45, 7) is 7.61. The van der Waals surface area contributed by atoms with Crippen LogP contribution < -0.4 is 5.73 Å². The Bertz CT molecular complexity index is 1130. The summed E-state index contributed by atoms with van der Waals surface area (Å²) in [5.74, 6) is 0. The first-order valence-electron chi connectivity index (χ1n) is 12.0. The molecule has 0 amide bonds. The van der Waals surface area contributed by atoms with E-state index in [0.717, 1.165) is 62.0 Å². The fourth-order valence-electron chi connectivity index (χ4n) is 4.04. The molecule has 0 radical (unpaired) electrons. The highest BCUT2D eigenvalue weighted by molar-refractivity contribution is 5.55. The van der Waals surface area contributed by atoms with Gasteiger partial charge < -0.3 is 5.73 Å². The third kappa shape index (κ3) is 7.75. The zero-order chi connectivity index (χ0) is 24.3. The number of hydrogen-bond acceptors (Lipinski definition) is 7. The molecule has 2 N–H and O–H groups in total. The van der Waals surface area contributed by atoms with E-state index in [1.54, 1.807) is 0 Å². The van der Waals surface area contributed by atoms with E-state index in [9.17, 15) is 0 Å². The fraction of sp³-hybridized carbons (Fsp3) is 0.286. The van der Waals surface area contributed by atoms with E-state index in [2.05, 4.69) is 67.0 Å². The highest BCUT2D eigenvalue weighted by Crippen LogP contribution is 2.17. The van der Waals surface area contributed by atoms with Crippen LogP contribution >= 0.6 is 0 Å². The molecule has 4 aromatic rings. The Balaban J connectivity index is 1.44. The van der Waals surface area contributed by atoms with Crippen LogP contribution in [0.5, 0.6) is 0 Å². The third-order valence-electron chi connectivity index (χ3n) is 5.81. The van der Waals surface area contributed by atoms with Crippen LogP contribution in [0.15, 0.2) is 85.5 Å². The summed E-state index contributed by atoms with van der Waals surface area (Å²) in [5.41, 5.74) is 12.3. The molecular formula is C28H33N7. The standard InChI is InChI=1S/C28H33N7/c1-23-8-13-32-27(18-23)28-19-24(9-14-33-28)20-34(15-10-29)16-17-35(21-25-6-2-4-11-30-25)22-26-7-3-5-12-31-26/h2-9,11-14,18-19H,10,15-17,20-22,29H2,1H3. The lowest BCUT2D eigenvalue weighted by atomic mass is 10.1. The molecule has 0 aliphatic heterocycles. The maximum Gasteiger partial charge on any atom is 0.0889 e. The molecule has 180 valence electrons. The van der Waals surface area contributed by atoms with Crippen molar-refractivity contribution in [1.29, 1.82) is 0 Å². The van der Waals surface area contributed by atoms with Crippen LogP contribution in [0.3, 0.4) is 0 Å². The number of nitrogens with two attached hydrogens (primary N) is 1. The van der Waals surface area contributed by atoms with Gasteiger partial charge in [-0.15, -0.1) is 0 Å². The first-order valence-corrected chi connectivity index (χ1v) is 12.0. The van der Waals surface area contributed by atoms with Crippen molar-refractivity contribution in [1.82, 2.24) is 29.7 Å². The van der Waals surface area contributed by atoms with Gasteiger partial charge in [-0.05, 0) is 66.6 Å². The molecule has 7 nitrogen and oxygen atoms in total. The Kier molecular flexibility index (Phi) is 9.00. The minimum atomic E-state index is 0.609. The number of hydrogen-bond donors (Lipinski definition) is 1. The van der Waals surface area contributed by atoms with Crippen molar-refractivity contribution >= 4 is 0 Å². The van der Waals surface area contributed by atoms with Crippen molar-refractivity contribution in [3.63, 3.8) is 0 Å². The van der Waals surface area contributed by atoms with Crippen LogP contribution in [-0.2, 0) is 19.6 Å². The highest BCUT2D eigenvalue weighted by Gasteiger charge is 2.13. The number of aromatic nitrogens is 4. The van der Waals surface area contributed by atoms with E-state index < -0.39 is 0 Å². The molecular weight excluding hydrogens is 434 g/mol. The summed E-state index contributed by atoms with van der Waals surface area (Å²) in [6, 6.07) is 20.4. The number of pyridine rings is 4. The normalized spacial score (nSPS) is 11.3. The molecule has 0 aromatic carbocycles. The Hall–Kier alpha value is -3.52. The van der Waals surface area contributed by atoms with Crippen molar-refractivity contribution in [2.45, 2.75) is 26.6 Å². The topological polar surface area (TPSA) is 84.1 Å². The molecule has 0 fully saturated rings. The Labute approximate surface area is 207 Å². The van der Waals surface area contributed by atoms with Crippen molar-refractivity contribution < 1.29 is 0 Å². The zero-order valence-electron chi connectivity index (χ0n) is 20.3. The van der Waals surface area contributed by atoms with Gasteiger partial charge in [0.1, 0.15) is 0 Å². The van der Waals surface area contributed by atoms with E-state index in [0.29, 0.717) is 6.54 Å². The summed E-state index contributed by atoms with van der Waals surface area (Å²) in [7, 11) is 0. The zero-order valence-corrected chi connectivity index (χ0v) is 20.3. The lowest BCUT2D eigenvalue weighted by Crippen LogP contribution is -2.37. The average molecular weight is 468 g/mol. The monoisotopic (exact) mass is 467 g/mol. The maximum absolute atomic E-state index is 5.98. The van der Waals surface area contributed by atoms with Crippen molar-refractivity contribution in [3.05, 3.63) is 108 Å². The van der Waals surface area contributed by atoms with E-state index in [1.807, 2.05) is 55.1 Å². The van der Waals surface area contributed by atoms with Gasteiger partial charge in [-0.3, -0.25) is 29.7 Å². The van der Waals surface area contributed by atoms with Gasteiger partial charge in [0.2, 0.25) is 0 Å². The molecule has 0 aliphatic rings. The largest absolute Gasteiger partial charge is 0.329 e. The molecule has 0 bridgehead atoms. The Morgan fingerprint density at radius 3 is 1.86 bits per heavy atom. The first kappa shape index (κ1) is 24.6. The van der Waals surface area contributed by atoms with Gasteiger partial charge >= 0.3 is 0 Å². The molecule has 0 spiro atoms. The van der Waals surface area contributed by atoms with E-state index in [4.69, 9.17) is 5.73 Å². The minimum absolute atomic E-state index is 0.609. The van der Waals surface area contributed by atoms with Gasteiger partial charge in [0, 0.05) is 70.6 Å². The molecule has 4 heterocycles. The van der Waals surface area contributed by atoms with Crippen LogP contribution in [0.2, 0.25) is 0 Å². The van der Waals surface area contributed by atoms with E-state index >= 15 is 0 Å². The van der Waals surface area contributed by atoms with Gasteiger partial charge in [0.25, 0.3) is 0 Å². The first-order chi connectivity index (χ1) is 17.2. The smallest absolute Gasteiger partial charge is 0.0889 e. The van der Waals surface area contributed by atoms with Gasteiger partial charge in [-0.2, -0.15) is 0 Å².